The molecule has 1 rings (SSSR count). The lowest BCUT2D eigenvalue weighted by Gasteiger charge is -2.32. The van der Waals surface area contributed by atoms with Crippen LogP contribution in [-0.4, -0.2) is 62.2 Å². The van der Waals surface area contributed by atoms with Gasteiger partial charge in [-0.3, -0.25) is 4.90 Å². The number of rotatable bonds is 4. The Morgan fingerprint density at radius 3 is 2.62 bits per heavy atom. The van der Waals surface area contributed by atoms with Gasteiger partial charge in [-0.15, -0.1) is 0 Å². The average Bonchev–Trinajstić information content (AvgIpc) is 2.31. The van der Waals surface area contributed by atoms with Gasteiger partial charge in [0.25, 0.3) is 0 Å². The van der Waals surface area contributed by atoms with Crippen LogP contribution in [-0.2, 0) is 0 Å². The Kier molecular flexibility index (Phi) is 5.73. The Balaban J connectivity index is 2.57. The molecule has 0 radical (unpaired) electrons. The molecule has 0 aliphatic carbocycles. The molecule has 1 heterocycles. The Hall–Kier alpha value is -0.120. The molecule has 0 aromatic rings. The van der Waals surface area contributed by atoms with Crippen molar-refractivity contribution in [3.8, 4) is 0 Å². The molecule has 1 saturated heterocycles. The first-order valence-electron chi connectivity index (χ1n) is 6.61. The van der Waals surface area contributed by atoms with Crippen LogP contribution in [0.2, 0.25) is 0 Å². The number of nitrogens with one attached hydrogen (secondary N) is 1. The van der Waals surface area contributed by atoms with E-state index in [0.717, 1.165) is 19.0 Å². The van der Waals surface area contributed by atoms with Crippen molar-refractivity contribution in [1.82, 2.24) is 15.1 Å². The van der Waals surface area contributed by atoms with Gasteiger partial charge in [0.1, 0.15) is 0 Å². The molecule has 0 aromatic heterocycles. The predicted octanol–water partition coefficient (Wildman–Crippen LogP) is 1.26. The molecule has 0 bridgehead atoms. The number of hydrogen-bond acceptors (Lipinski definition) is 3. The number of nitrogens with zero attached hydrogens (tertiary/aromatic N) is 2. The monoisotopic (exact) mass is 227 g/mol. The van der Waals surface area contributed by atoms with Gasteiger partial charge in [0.05, 0.1) is 0 Å². The zero-order valence-corrected chi connectivity index (χ0v) is 11.7. The summed E-state index contributed by atoms with van der Waals surface area (Å²) in [6.07, 6.45) is 1.27. The van der Waals surface area contributed by atoms with Crippen molar-refractivity contribution in [3.63, 3.8) is 0 Å². The summed E-state index contributed by atoms with van der Waals surface area (Å²) < 4.78 is 0. The van der Waals surface area contributed by atoms with Crippen LogP contribution in [0.1, 0.15) is 27.2 Å². The molecule has 2 unspecified atom stereocenters. The molecular formula is C13H29N3. The molecule has 0 saturated carbocycles. The van der Waals surface area contributed by atoms with Crippen LogP contribution < -0.4 is 5.32 Å². The van der Waals surface area contributed by atoms with Crippen LogP contribution in [0.3, 0.4) is 0 Å². The lowest BCUT2D eigenvalue weighted by atomic mass is 10.1. The summed E-state index contributed by atoms with van der Waals surface area (Å²) in [6, 6.07) is 1.34. The first-order valence-corrected chi connectivity index (χ1v) is 6.61. The molecular weight excluding hydrogens is 198 g/mol. The van der Waals surface area contributed by atoms with Gasteiger partial charge < -0.3 is 10.2 Å². The fourth-order valence-corrected chi connectivity index (χ4v) is 2.42. The topological polar surface area (TPSA) is 18.5 Å². The van der Waals surface area contributed by atoms with E-state index in [0.29, 0.717) is 12.1 Å². The van der Waals surface area contributed by atoms with E-state index in [9.17, 15) is 0 Å². The fraction of sp³-hybridized carbons (Fsp3) is 1.00. The zero-order chi connectivity index (χ0) is 12.1. The zero-order valence-electron chi connectivity index (χ0n) is 11.7. The summed E-state index contributed by atoms with van der Waals surface area (Å²) in [4.78, 5) is 4.97. The van der Waals surface area contributed by atoms with Crippen molar-refractivity contribution in [2.75, 3.05) is 40.3 Å². The minimum atomic E-state index is 0.668. The Bertz CT molecular complexity index is 172. The van der Waals surface area contributed by atoms with Crippen LogP contribution in [0.5, 0.6) is 0 Å². The quantitative estimate of drug-likeness (QED) is 0.780. The third-order valence-corrected chi connectivity index (χ3v) is 3.24. The third-order valence-electron chi connectivity index (χ3n) is 3.24. The maximum atomic E-state index is 3.63. The second-order valence-electron chi connectivity index (χ2n) is 5.90. The molecule has 0 amide bonds. The summed E-state index contributed by atoms with van der Waals surface area (Å²) >= 11 is 0. The molecule has 3 heteroatoms. The molecule has 1 N–H and O–H groups in total. The number of hydrogen-bond donors (Lipinski definition) is 1. The highest BCUT2D eigenvalue weighted by Gasteiger charge is 2.23. The van der Waals surface area contributed by atoms with Gasteiger partial charge in [-0.25, -0.2) is 0 Å². The van der Waals surface area contributed by atoms with Crippen molar-refractivity contribution in [2.45, 2.75) is 39.3 Å². The van der Waals surface area contributed by atoms with Crippen LogP contribution in [0.4, 0.5) is 0 Å². The van der Waals surface area contributed by atoms with E-state index in [1.807, 2.05) is 0 Å². The minimum absolute atomic E-state index is 0.668. The van der Waals surface area contributed by atoms with E-state index in [1.165, 1.54) is 19.5 Å². The molecule has 1 aliphatic rings. The second kappa shape index (κ2) is 6.58. The molecule has 0 aromatic carbocycles. The van der Waals surface area contributed by atoms with Crippen LogP contribution in [0.25, 0.3) is 0 Å². The van der Waals surface area contributed by atoms with E-state index in [1.54, 1.807) is 0 Å². The molecule has 0 spiro atoms. The summed E-state index contributed by atoms with van der Waals surface area (Å²) in [7, 11) is 4.34. The number of likely N-dealkylation sites (N-methyl/N-ethyl adjacent to an activating group) is 1. The summed E-state index contributed by atoms with van der Waals surface area (Å²) in [5, 5.41) is 3.63. The van der Waals surface area contributed by atoms with Crippen molar-refractivity contribution in [1.29, 1.82) is 0 Å². The molecule has 96 valence electrons. The van der Waals surface area contributed by atoms with Crippen LogP contribution in [0.15, 0.2) is 0 Å². The highest BCUT2D eigenvalue weighted by Crippen LogP contribution is 2.11. The van der Waals surface area contributed by atoms with Gasteiger partial charge in [0, 0.05) is 38.3 Å². The van der Waals surface area contributed by atoms with Gasteiger partial charge in [-0.05, 0) is 33.4 Å². The largest absolute Gasteiger partial charge is 0.313 e. The SMILES string of the molecule is CC(C)CN1CCC(C)NCC1CN(C)C. The lowest BCUT2D eigenvalue weighted by molar-refractivity contribution is 0.156. The van der Waals surface area contributed by atoms with Crippen LogP contribution >= 0.6 is 0 Å². The second-order valence-corrected chi connectivity index (χ2v) is 5.90. The molecule has 2 atom stereocenters. The van der Waals surface area contributed by atoms with Crippen molar-refractivity contribution in [2.24, 2.45) is 5.92 Å². The maximum Gasteiger partial charge on any atom is 0.0347 e. The van der Waals surface area contributed by atoms with E-state index in [4.69, 9.17) is 0 Å². The van der Waals surface area contributed by atoms with E-state index >= 15 is 0 Å². The predicted molar refractivity (Wildman–Crippen MR) is 70.8 cm³/mol. The highest BCUT2D eigenvalue weighted by molar-refractivity contribution is 4.83. The van der Waals surface area contributed by atoms with Gasteiger partial charge in [0.2, 0.25) is 0 Å². The summed E-state index contributed by atoms with van der Waals surface area (Å²) in [6.45, 7) is 11.7. The average molecular weight is 227 g/mol. The highest BCUT2D eigenvalue weighted by atomic mass is 15.2. The minimum Gasteiger partial charge on any atom is -0.313 e. The lowest BCUT2D eigenvalue weighted by Crippen LogP contribution is -2.47. The normalized spacial score (nSPS) is 28.7. The summed E-state index contributed by atoms with van der Waals surface area (Å²) in [5.74, 6) is 0.762. The Labute approximate surface area is 101 Å². The van der Waals surface area contributed by atoms with Gasteiger partial charge in [0.15, 0.2) is 0 Å². The maximum absolute atomic E-state index is 3.63. The Morgan fingerprint density at radius 2 is 2.06 bits per heavy atom. The van der Waals surface area contributed by atoms with Gasteiger partial charge in [-0.1, -0.05) is 13.8 Å². The molecule has 1 fully saturated rings. The van der Waals surface area contributed by atoms with E-state index in [-0.39, 0.29) is 0 Å². The fourth-order valence-electron chi connectivity index (χ4n) is 2.42. The van der Waals surface area contributed by atoms with Crippen molar-refractivity contribution in [3.05, 3.63) is 0 Å². The molecule has 16 heavy (non-hydrogen) atoms. The standard InChI is InChI=1S/C13H29N3/c1-11(2)9-16-7-6-12(3)14-8-13(16)10-15(4)5/h11-14H,6-10H2,1-5H3. The molecule has 3 nitrogen and oxygen atoms in total. The van der Waals surface area contributed by atoms with E-state index < -0.39 is 0 Å². The van der Waals surface area contributed by atoms with Gasteiger partial charge in [-0.2, -0.15) is 0 Å². The van der Waals surface area contributed by atoms with E-state index in [2.05, 4.69) is 50.0 Å². The third kappa shape index (κ3) is 4.81. The first-order chi connectivity index (χ1) is 7.49. The Morgan fingerprint density at radius 1 is 1.38 bits per heavy atom. The first kappa shape index (κ1) is 13.9. The van der Waals surface area contributed by atoms with Gasteiger partial charge >= 0.3 is 0 Å². The smallest absolute Gasteiger partial charge is 0.0347 e. The van der Waals surface area contributed by atoms with Crippen LogP contribution in [0, 0.1) is 5.92 Å². The van der Waals surface area contributed by atoms with Crippen molar-refractivity contribution < 1.29 is 0 Å². The summed E-state index contributed by atoms with van der Waals surface area (Å²) in [5.41, 5.74) is 0. The van der Waals surface area contributed by atoms with Crippen molar-refractivity contribution >= 4 is 0 Å². The molecule has 1 aliphatic heterocycles.